The lowest BCUT2D eigenvalue weighted by atomic mass is 10.1. The number of hydrogen-bond donors (Lipinski definition) is 3. The highest BCUT2D eigenvalue weighted by atomic mass is 32.2. The molecule has 96 valence electrons. The van der Waals surface area contributed by atoms with E-state index in [9.17, 15) is 15.0 Å². The average molecular weight is 267 g/mol. The first-order chi connectivity index (χ1) is 8.45. The molecule has 1 aromatic rings. The highest BCUT2D eigenvalue weighted by Crippen LogP contribution is 2.21. The zero-order valence-electron chi connectivity index (χ0n) is 9.70. The van der Waals surface area contributed by atoms with Crippen LogP contribution in [0.1, 0.15) is 24.2 Å². The Morgan fingerprint density at radius 3 is 2.89 bits per heavy atom. The van der Waals surface area contributed by atoms with Crippen molar-refractivity contribution in [2.45, 2.75) is 19.1 Å². The van der Waals surface area contributed by atoms with Crippen molar-refractivity contribution in [2.75, 3.05) is 11.5 Å². The van der Waals surface area contributed by atoms with Crippen LogP contribution in [0.25, 0.3) is 0 Å². The summed E-state index contributed by atoms with van der Waals surface area (Å²) in [7, 11) is 0. The quantitative estimate of drug-likeness (QED) is 0.713. The van der Waals surface area contributed by atoms with E-state index in [0.717, 1.165) is 11.8 Å². The second-order valence-electron chi connectivity index (χ2n) is 3.63. The SMILES string of the molecule is CC(=O)SCC(O)C(O)c1cnc(N)c(C#N)c1. The summed E-state index contributed by atoms with van der Waals surface area (Å²) in [5, 5.41) is 28.2. The summed E-state index contributed by atoms with van der Waals surface area (Å²) >= 11 is 0.916. The summed E-state index contributed by atoms with van der Waals surface area (Å²) in [6.07, 6.45) is -1.03. The molecule has 0 aromatic carbocycles. The van der Waals surface area contributed by atoms with Crippen LogP contribution in [0.15, 0.2) is 12.3 Å². The van der Waals surface area contributed by atoms with Gasteiger partial charge in [-0.3, -0.25) is 4.79 Å². The topological polar surface area (TPSA) is 120 Å². The molecule has 6 nitrogen and oxygen atoms in total. The van der Waals surface area contributed by atoms with Gasteiger partial charge in [0.05, 0.1) is 11.7 Å². The lowest BCUT2D eigenvalue weighted by Gasteiger charge is -2.17. The fourth-order valence-electron chi connectivity index (χ4n) is 1.26. The first-order valence-corrected chi connectivity index (χ1v) is 6.09. The molecule has 7 heteroatoms. The molecule has 1 aromatic heterocycles. The predicted octanol–water partition coefficient (Wildman–Crippen LogP) is 0.209. The van der Waals surface area contributed by atoms with Gasteiger partial charge in [-0.2, -0.15) is 5.26 Å². The fourth-order valence-corrected chi connectivity index (χ4v) is 1.85. The Labute approximate surface area is 108 Å². The van der Waals surface area contributed by atoms with Crippen molar-refractivity contribution < 1.29 is 15.0 Å². The molecule has 2 unspecified atom stereocenters. The van der Waals surface area contributed by atoms with Crippen LogP contribution in [0.3, 0.4) is 0 Å². The largest absolute Gasteiger partial charge is 0.389 e. The van der Waals surface area contributed by atoms with Crippen molar-refractivity contribution in [1.29, 1.82) is 5.26 Å². The number of anilines is 1. The third kappa shape index (κ3) is 3.70. The normalized spacial score (nSPS) is 13.7. The van der Waals surface area contributed by atoms with E-state index in [0.29, 0.717) is 0 Å². The number of carbonyl (C=O) groups is 1. The Hall–Kier alpha value is -1.62. The van der Waals surface area contributed by atoms with Crippen molar-refractivity contribution in [3.8, 4) is 6.07 Å². The predicted molar refractivity (Wildman–Crippen MR) is 67.5 cm³/mol. The minimum Gasteiger partial charge on any atom is -0.389 e. The standard InChI is InChI=1S/C11H13N3O3S/c1-6(15)18-5-9(16)10(17)8-2-7(3-12)11(13)14-4-8/h2,4,9-10,16-17H,5H2,1H3,(H2,13,14). The van der Waals surface area contributed by atoms with Gasteiger partial charge >= 0.3 is 0 Å². The molecule has 1 rings (SSSR count). The summed E-state index contributed by atoms with van der Waals surface area (Å²) in [4.78, 5) is 14.5. The smallest absolute Gasteiger partial charge is 0.185 e. The minimum atomic E-state index is -1.21. The summed E-state index contributed by atoms with van der Waals surface area (Å²) in [6.45, 7) is 1.38. The van der Waals surface area contributed by atoms with Crippen LogP contribution in [0, 0.1) is 11.3 Å². The number of pyridine rings is 1. The van der Waals surface area contributed by atoms with Crippen LogP contribution >= 0.6 is 11.8 Å². The molecule has 0 aliphatic rings. The number of aliphatic hydroxyl groups is 2. The second kappa shape index (κ2) is 6.35. The number of aliphatic hydroxyl groups excluding tert-OH is 2. The number of thioether (sulfide) groups is 1. The molecule has 0 fully saturated rings. The molecule has 1 heterocycles. The lowest BCUT2D eigenvalue weighted by molar-refractivity contribution is -0.109. The Kier molecular flexibility index (Phi) is 5.09. The van der Waals surface area contributed by atoms with Crippen molar-refractivity contribution >= 4 is 22.7 Å². The van der Waals surface area contributed by atoms with E-state index in [1.165, 1.54) is 19.2 Å². The Bertz CT molecular complexity index is 487. The number of hydrogen-bond acceptors (Lipinski definition) is 7. The van der Waals surface area contributed by atoms with Crippen LogP contribution in [-0.2, 0) is 4.79 Å². The molecule has 4 N–H and O–H groups in total. The van der Waals surface area contributed by atoms with Crippen LogP contribution in [0.2, 0.25) is 0 Å². The first-order valence-electron chi connectivity index (χ1n) is 5.10. The van der Waals surface area contributed by atoms with E-state index in [1.54, 1.807) is 0 Å². The molecule has 0 saturated heterocycles. The maximum atomic E-state index is 10.8. The van der Waals surface area contributed by atoms with Crippen molar-refractivity contribution in [2.24, 2.45) is 0 Å². The minimum absolute atomic E-state index is 0.0704. The number of nitrogen functional groups attached to an aromatic ring is 1. The molecule has 0 radical (unpaired) electrons. The van der Waals surface area contributed by atoms with Crippen molar-refractivity contribution in [1.82, 2.24) is 4.98 Å². The molecule has 18 heavy (non-hydrogen) atoms. The lowest BCUT2D eigenvalue weighted by Crippen LogP contribution is -2.21. The average Bonchev–Trinajstić information content (AvgIpc) is 2.35. The van der Waals surface area contributed by atoms with Gasteiger partial charge < -0.3 is 15.9 Å². The second-order valence-corrected chi connectivity index (χ2v) is 4.82. The zero-order valence-corrected chi connectivity index (χ0v) is 10.5. The maximum Gasteiger partial charge on any atom is 0.185 e. The maximum absolute atomic E-state index is 10.8. The third-order valence-electron chi connectivity index (χ3n) is 2.22. The number of aromatic nitrogens is 1. The van der Waals surface area contributed by atoms with Crippen LogP contribution in [0.4, 0.5) is 5.82 Å². The number of nitrogens with zero attached hydrogens (tertiary/aromatic N) is 2. The van der Waals surface area contributed by atoms with E-state index < -0.39 is 12.2 Å². The summed E-state index contributed by atoms with van der Waals surface area (Å²) in [5.41, 5.74) is 5.87. The Morgan fingerprint density at radius 2 is 2.33 bits per heavy atom. The molecule has 0 aliphatic heterocycles. The molecule has 0 aliphatic carbocycles. The number of carbonyl (C=O) groups excluding carboxylic acids is 1. The molecular formula is C11H13N3O3S. The number of nitriles is 1. The van der Waals surface area contributed by atoms with E-state index >= 15 is 0 Å². The van der Waals surface area contributed by atoms with E-state index in [2.05, 4.69) is 4.98 Å². The molecule has 0 spiro atoms. The van der Waals surface area contributed by atoms with Crippen LogP contribution in [-0.4, -0.2) is 32.2 Å². The van der Waals surface area contributed by atoms with Gasteiger partial charge in [0, 0.05) is 24.4 Å². The molecule has 0 bridgehead atoms. The molecule has 0 saturated carbocycles. The molecule has 2 atom stereocenters. The van der Waals surface area contributed by atoms with E-state index in [-0.39, 0.29) is 27.8 Å². The van der Waals surface area contributed by atoms with Crippen LogP contribution < -0.4 is 5.73 Å². The number of nitrogens with two attached hydrogens (primary N) is 1. The van der Waals surface area contributed by atoms with Crippen molar-refractivity contribution in [3.63, 3.8) is 0 Å². The molecular weight excluding hydrogens is 254 g/mol. The van der Waals surface area contributed by atoms with Gasteiger partial charge in [0.15, 0.2) is 5.12 Å². The van der Waals surface area contributed by atoms with Gasteiger partial charge in [-0.15, -0.1) is 0 Å². The first kappa shape index (κ1) is 14.4. The van der Waals surface area contributed by atoms with Gasteiger partial charge in [-0.1, -0.05) is 11.8 Å². The van der Waals surface area contributed by atoms with Gasteiger partial charge in [0.1, 0.15) is 18.0 Å². The van der Waals surface area contributed by atoms with E-state index in [1.807, 2.05) is 6.07 Å². The highest BCUT2D eigenvalue weighted by molar-refractivity contribution is 8.13. The van der Waals surface area contributed by atoms with Gasteiger partial charge in [-0.05, 0) is 6.07 Å². The van der Waals surface area contributed by atoms with E-state index in [4.69, 9.17) is 11.0 Å². The summed E-state index contributed by atoms with van der Waals surface area (Å²) in [6, 6.07) is 3.21. The van der Waals surface area contributed by atoms with Gasteiger partial charge in [0.25, 0.3) is 0 Å². The summed E-state index contributed by atoms with van der Waals surface area (Å²) < 4.78 is 0. The highest BCUT2D eigenvalue weighted by Gasteiger charge is 2.20. The molecule has 0 amide bonds. The summed E-state index contributed by atoms with van der Waals surface area (Å²) in [5.74, 6) is 0.143. The fraction of sp³-hybridized carbons (Fsp3) is 0.364. The van der Waals surface area contributed by atoms with Crippen molar-refractivity contribution in [3.05, 3.63) is 23.4 Å². The Balaban J connectivity index is 2.80. The Morgan fingerprint density at radius 1 is 1.67 bits per heavy atom. The third-order valence-corrected chi connectivity index (χ3v) is 3.14. The monoisotopic (exact) mass is 267 g/mol. The van der Waals surface area contributed by atoms with Gasteiger partial charge in [0.2, 0.25) is 0 Å². The van der Waals surface area contributed by atoms with Gasteiger partial charge in [-0.25, -0.2) is 4.98 Å². The zero-order chi connectivity index (χ0) is 13.7. The van der Waals surface area contributed by atoms with Crippen LogP contribution in [0.5, 0.6) is 0 Å². The number of rotatable bonds is 4.